The van der Waals surface area contributed by atoms with E-state index in [1.807, 2.05) is 12.1 Å². The number of nitrogens with one attached hydrogen (secondary N) is 2. The molecule has 0 aliphatic carbocycles. The van der Waals surface area contributed by atoms with Crippen molar-refractivity contribution in [2.75, 3.05) is 32.8 Å². The van der Waals surface area contributed by atoms with Crippen LogP contribution >= 0.6 is 11.6 Å². The minimum absolute atomic E-state index is 0.167. The van der Waals surface area contributed by atoms with Gasteiger partial charge in [0.05, 0.1) is 28.4 Å². The molecular formula is C33H32ClN5O4. The predicted molar refractivity (Wildman–Crippen MR) is 167 cm³/mol. The van der Waals surface area contributed by atoms with Crippen LogP contribution < -0.4 is 10.1 Å². The topological polar surface area (TPSA) is 124 Å². The van der Waals surface area contributed by atoms with E-state index in [1.54, 1.807) is 25.1 Å². The SMILES string of the molecule is Cc1ccc(Oc2nc3nc(-c4ccc(-c5ccc(CN6CC(CNCCO)C6)cc5)cc4)c(Cl)cc3[nH]2)cc1C(=O)O. The summed E-state index contributed by atoms with van der Waals surface area (Å²) in [4.78, 5) is 26.1. The second-order valence-electron chi connectivity index (χ2n) is 10.9. The molecule has 0 saturated carbocycles. The van der Waals surface area contributed by atoms with Crippen LogP contribution in [-0.4, -0.2) is 68.8 Å². The Morgan fingerprint density at radius 2 is 1.72 bits per heavy atom. The summed E-state index contributed by atoms with van der Waals surface area (Å²) in [7, 11) is 0. The molecule has 0 spiro atoms. The molecule has 9 nitrogen and oxygen atoms in total. The van der Waals surface area contributed by atoms with Gasteiger partial charge in [-0.05, 0) is 53.3 Å². The number of aromatic carboxylic acids is 1. The summed E-state index contributed by atoms with van der Waals surface area (Å²) in [6, 6.07) is 23.6. The van der Waals surface area contributed by atoms with Gasteiger partial charge in [0, 0.05) is 38.3 Å². The minimum Gasteiger partial charge on any atom is -0.478 e. The van der Waals surface area contributed by atoms with Crippen molar-refractivity contribution in [3.63, 3.8) is 0 Å². The number of aromatic nitrogens is 3. The Hall–Kier alpha value is -4.28. The van der Waals surface area contributed by atoms with Gasteiger partial charge in [0.15, 0.2) is 5.65 Å². The van der Waals surface area contributed by atoms with E-state index in [-0.39, 0.29) is 18.2 Å². The van der Waals surface area contributed by atoms with Crippen LogP contribution in [-0.2, 0) is 6.54 Å². The summed E-state index contributed by atoms with van der Waals surface area (Å²) < 4.78 is 5.80. The van der Waals surface area contributed by atoms with Gasteiger partial charge in [0.1, 0.15) is 5.75 Å². The van der Waals surface area contributed by atoms with Gasteiger partial charge >= 0.3 is 12.0 Å². The molecule has 0 atom stereocenters. The Morgan fingerprint density at radius 1 is 1.02 bits per heavy atom. The van der Waals surface area contributed by atoms with Crippen molar-refractivity contribution in [1.29, 1.82) is 0 Å². The fourth-order valence-corrected chi connectivity index (χ4v) is 5.62. The number of likely N-dealkylation sites (tertiary alicyclic amines) is 1. The van der Waals surface area contributed by atoms with E-state index in [2.05, 4.69) is 61.6 Å². The number of aryl methyl sites for hydroxylation is 1. The molecule has 43 heavy (non-hydrogen) atoms. The third kappa shape index (κ3) is 6.55. The summed E-state index contributed by atoms with van der Waals surface area (Å²) in [5.41, 5.74) is 6.86. The number of aromatic amines is 1. The van der Waals surface area contributed by atoms with Crippen molar-refractivity contribution >= 4 is 28.7 Å². The molecule has 1 aliphatic heterocycles. The molecular weight excluding hydrogens is 566 g/mol. The van der Waals surface area contributed by atoms with Crippen LogP contribution in [0, 0.1) is 12.8 Å². The molecule has 3 heterocycles. The maximum absolute atomic E-state index is 11.5. The third-order valence-electron chi connectivity index (χ3n) is 7.67. The van der Waals surface area contributed by atoms with E-state index < -0.39 is 5.97 Å². The largest absolute Gasteiger partial charge is 0.478 e. The fourth-order valence-electron chi connectivity index (χ4n) is 5.35. The van der Waals surface area contributed by atoms with E-state index in [0.29, 0.717) is 45.7 Å². The number of nitrogens with zero attached hydrogens (tertiary/aromatic N) is 3. The first-order valence-corrected chi connectivity index (χ1v) is 14.6. The van der Waals surface area contributed by atoms with Crippen LogP contribution in [0.25, 0.3) is 33.5 Å². The highest BCUT2D eigenvalue weighted by molar-refractivity contribution is 6.33. The van der Waals surface area contributed by atoms with Crippen molar-refractivity contribution in [3.8, 4) is 34.1 Å². The Bertz CT molecular complexity index is 1750. The van der Waals surface area contributed by atoms with E-state index in [9.17, 15) is 9.90 Å². The van der Waals surface area contributed by atoms with Gasteiger partial charge in [-0.25, -0.2) is 9.78 Å². The van der Waals surface area contributed by atoms with Gasteiger partial charge in [0.25, 0.3) is 0 Å². The lowest BCUT2D eigenvalue weighted by Gasteiger charge is -2.39. The van der Waals surface area contributed by atoms with E-state index in [4.69, 9.17) is 21.4 Å². The average molecular weight is 598 g/mol. The van der Waals surface area contributed by atoms with Crippen LogP contribution in [0.3, 0.4) is 0 Å². The third-order valence-corrected chi connectivity index (χ3v) is 7.95. The molecule has 3 aromatic carbocycles. The monoisotopic (exact) mass is 597 g/mol. The van der Waals surface area contributed by atoms with Gasteiger partial charge in [-0.15, -0.1) is 0 Å². The van der Waals surface area contributed by atoms with Gasteiger partial charge in [-0.1, -0.05) is 66.2 Å². The van der Waals surface area contributed by atoms with Gasteiger partial charge in [0.2, 0.25) is 0 Å². The zero-order chi connectivity index (χ0) is 29.9. The van der Waals surface area contributed by atoms with Crippen molar-refractivity contribution in [1.82, 2.24) is 25.2 Å². The molecule has 0 bridgehead atoms. The average Bonchev–Trinajstić information content (AvgIpc) is 3.37. The molecule has 0 unspecified atom stereocenters. The Morgan fingerprint density at radius 3 is 2.42 bits per heavy atom. The van der Waals surface area contributed by atoms with E-state index in [0.717, 1.165) is 42.9 Å². The molecule has 5 aromatic rings. The number of benzene rings is 3. The summed E-state index contributed by atoms with van der Waals surface area (Å²) >= 11 is 6.62. The lowest BCUT2D eigenvalue weighted by Crippen LogP contribution is -2.50. The lowest BCUT2D eigenvalue weighted by atomic mass is 9.98. The minimum atomic E-state index is -1.02. The van der Waals surface area contributed by atoms with Gasteiger partial charge in [-0.3, -0.25) is 4.90 Å². The number of pyridine rings is 1. The van der Waals surface area contributed by atoms with Crippen LogP contribution in [0.15, 0.2) is 72.8 Å². The molecule has 220 valence electrons. The molecule has 0 radical (unpaired) electrons. The highest BCUT2D eigenvalue weighted by atomic mass is 35.5. The number of carboxylic acids is 1. The lowest BCUT2D eigenvalue weighted by molar-refractivity contribution is 0.0695. The van der Waals surface area contributed by atoms with Crippen molar-refractivity contribution in [2.45, 2.75) is 13.5 Å². The number of carboxylic acid groups (broad SMARTS) is 1. The maximum Gasteiger partial charge on any atom is 0.336 e. The molecule has 2 aromatic heterocycles. The normalized spacial score (nSPS) is 13.7. The quantitative estimate of drug-likeness (QED) is 0.142. The van der Waals surface area contributed by atoms with Crippen LogP contribution in [0.1, 0.15) is 21.5 Å². The molecule has 6 rings (SSSR count). The second-order valence-corrected chi connectivity index (χ2v) is 11.3. The number of imidazole rings is 1. The Balaban J connectivity index is 1.11. The first-order chi connectivity index (χ1) is 20.9. The second kappa shape index (κ2) is 12.5. The Labute approximate surface area is 254 Å². The maximum atomic E-state index is 11.5. The van der Waals surface area contributed by atoms with E-state index >= 15 is 0 Å². The predicted octanol–water partition coefficient (Wildman–Crippen LogP) is 5.76. The molecule has 1 aliphatic rings. The van der Waals surface area contributed by atoms with Gasteiger partial charge in [-0.2, -0.15) is 4.98 Å². The van der Waals surface area contributed by atoms with Crippen molar-refractivity contribution < 1.29 is 19.7 Å². The number of ether oxygens (including phenoxy) is 1. The summed E-state index contributed by atoms with van der Waals surface area (Å²) in [5, 5.41) is 22.0. The number of aliphatic hydroxyl groups is 1. The number of fused-ring (bicyclic) bond motifs is 1. The zero-order valence-corrected chi connectivity index (χ0v) is 24.4. The highest BCUT2D eigenvalue weighted by Crippen LogP contribution is 2.32. The summed E-state index contributed by atoms with van der Waals surface area (Å²) in [6.07, 6.45) is 0. The molecule has 1 saturated heterocycles. The molecule has 10 heteroatoms. The van der Waals surface area contributed by atoms with Crippen LogP contribution in [0.5, 0.6) is 11.8 Å². The van der Waals surface area contributed by atoms with Crippen molar-refractivity contribution in [2.24, 2.45) is 5.92 Å². The molecule has 0 amide bonds. The summed E-state index contributed by atoms with van der Waals surface area (Å²) in [6.45, 7) is 6.64. The number of carbonyl (C=O) groups is 1. The first kappa shape index (κ1) is 28.8. The molecule has 1 fully saturated rings. The van der Waals surface area contributed by atoms with Crippen LogP contribution in [0.4, 0.5) is 0 Å². The van der Waals surface area contributed by atoms with Crippen LogP contribution in [0.2, 0.25) is 5.02 Å². The first-order valence-electron chi connectivity index (χ1n) is 14.2. The Kier molecular flexibility index (Phi) is 8.40. The smallest absolute Gasteiger partial charge is 0.336 e. The van der Waals surface area contributed by atoms with Crippen molar-refractivity contribution in [3.05, 3.63) is 94.5 Å². The van der Waals surface area contributed by atoms with E-state index in [1.165, 1.54) is 11.6 Å². The number of hydrogen-bond acceptors (Lipinski definition) is 7. The number of halogens is 1. The number of H-pyrrole nitrogens is 1. The molecule has 4 N–H and O–H groups in total. The number of rotatable bonds is 11. The number of hydrogen-bond donors (Lipinski definition) is 4. The summed E-state index contributed by atoms with van der Waals surface area (Å²) in [5.74, 6) is -0.00717. The fraction of sp³-hybridized carbons (Fsp3) is 0.242. The zero-order valence-electron chi connectivity index (χ0n) is 23.7. The number of aliphatic hydroxyl groups excluding tert-OH is 1. The van der Waals surface area contributed by atoms with Gasteiger partial charge < -0.3 is 25.3 Å². The standard InChI is InChI=1S/C33H32ClN5O4/c1-20-2-11-26(14-27(20)32(41)42)43-33-36-29-15-28(34)30(37-31(29)38-33)25-9-7-24(8-10-25)23-5-3-21(4-6-23)17-39-18-22(19-39)16-35-12-13-40/h2-11,14-15,22,35,40H,12-13,16-19H2,1H3,(H,41,42)(H,36,37,38). The highest BCUT2D eigenvalue weighted by Gasteiger charge is 2.25.